The third-order valence-corrected chi connectivity index (χ3v) is 7.98. The van der Waals surface area contributed by atoms with E-state index in [4.69, 9.17) is 4.74 Å². The Bertz CT molecular complexity index is 1100. The molecule has 6 rings (SSSR count). The Hall–Kier alpha value is -2.74. The van der Waals surface area contributed by atoms with Crippen LogP contribution in [0.1, 0.15) is 50.2 Å². The minimum Gasteiger partial charge on any atom is -0.390 e. The number of aliphatic hydroxyl groups is 1. The summed E-state index contributed by atoms with van der Waals surface area (Å²) in [6.07, 6.45) is 2.80. The Kier molecular flexibility index (Phi) is 5.63. The van der Waals surface area contributed by atoms with Crippen molar-refractivity contribution in [2.45, 2.75) is 56.5 Å². The predicted molar refractivity (Wildman–Crippen MR) is 127 cm³/mol. The number of carbonyl (C=O) groups is 2. The van der Waals surface area contributed by atoms with Crippen LogP contribution >= 0.6 is 0 Å². The maximum Gasteiger partial charge on any atom is 0.254 e. The molecule has 7 nitrogen and oxygen atoms in total. The molecule has 34 heavy (non-hydrogen) atoms. The van der Waals surface area contributed by atoms with Crippen molar-refractivity contribution in [2.24, 2.45) is 0 Å². The lowest BCUT2D eigenvalue weighted by Gasteiger charge is -2.36. The number of hydrogen-bond acceptors (Lipinski definition) is 5. The second-order valence-electron chi connectivity index (χ2n) is 10.0. The third-order valence-electron chi connectivity index (χ3n) is 7.98. The van der Waals surface area contributed by atoms with Gasteiger partial charge < -0.3 is 25.0 Å². The Morgan fingerprint density at radius 1 is 1.09 bits per heavy atom. The van der Waals surface area contributed by atoms with E-state index < -0.39 is 6.10 Å². The summed E-state index contributed by atoms with van der Waals surface area (Å²) >= 11 is 0. The molecule has 0 radical (unpaired) electrons. The van der Waals surface area contributed by atoms with Gasteiger partial charge in [-0.15, -0.1) is 0 Å². The summed E-state index contributed by atoms with van der Waals surface area (Å²) in [6, 6.07) is 14.0. The molecule has 0 spiro atoms. The van der Waals surface area contributed by atoms with Crippen LogP contribution in [0.5, 0.6) is 0 Å². The topological polar surface area (TPSA) is 82.1 Å². The van der Waals surface area contributed by atoms with Gasteiger partial charge in [-0.1, -0.05) is 24.3 Å². The third kappa shape index (κ3) is 3.82. The number of benzene rings is 2. The van der Waals surface area contributed by atoms with Crippen LogP contribution in [0.4, 0.5) is 0 Å². The van der Waals surface area contributed by atoms with E-state index in [0.29, 0.717) is 43.9 Å². The van der Waals surface area contributed by atoms with Gasteiger partial charge in [-0.05, 0) is 60.6 Å². The smallest absolute Gasteiger partial charge is 0.254 e. The average molecular weight is 462 g/mol. The standard InChI is InChI=1S/C27H31N3O4/c31-25(24-12-17-3-1-2-4-20(17)13-28-24)14-29-10-9-18-11-19(5-8-23(18)27(29)33)26(32)30-21-6-7-22(30)16-34-15-21/h1-5,8,11,21-22,24-25,28,31H,6-7,9-10,12-16H2. The Balaban J connectivity index is 1.13. The molecular formula is C27H31N3O4. The van der Waals surface area contributed by atoms with Crippen LogP contribution in [0.3, 0.4) is 0 Å². The zero-order valence-corrected chi connectivity index (χ0v) is 19.3. The molecule has 7 heteroatoms. The molecule has 0 aliphatic carbocycles. The number of morpholine rings is 1. The molecule has 2 fully saturated rings. The monoisotopic (exact) mass is 461 g/mol. The van der Waals surface area contributed by atoms with Crippen molar-refractivity contribution in [1.29, 1.82) is 0 Å². The van der Waals surface area contributed by atoms with Crippen molar-refractivity contribution < 1.29 is 19.4 Å². The number of nitrogens with zero attached hydrogens (tertiary/aromatic N) is 2. The SMILES string of the molecule is O=C1c2ccc(C(=O)N3C4CCC3COC4)cc2CCN1CC(O)C1Cc2ccccc2CN1. The molecular weight excluding hydrogens is 430 g/mol. The van der Waals surface area contributed by atoms with Crippen molar-refractivity contribution in [3.8, 4) is 0 Å². The summed E-state index contributed by atoms with van der Waals surface area (Å²) in [5.74, 6) is -0.0190. The quantitative estimate of drug-likeness (QED) is 0.725. The Labute approximate surface area is 199 Å². The molecule has 4 unspecified atom stereocenters. The summed E-state index contributed by atoms with van der Waals surface area (Å²) in [4.78, 5) is 30.2. The van der Waals surface area contributed by atoms with Crippen LogP contribution in [0.25, 0.3) is 0 Å². The highest BCUT2D eigenvalue weighted by Gasteiger charge is 2.41. The Morgan fingerprint density at radius 2 is 1.85 bits per heavy atom. The van der Waals surface area contributed by atoms with Crippen molar-refractivity contribution in [3.63, 3.8) is 0 Å². The Morgan fingerprint density at radius 3 is 2.65 bits per heavy atom. The summed E-state index contributed by atoms with van der Waals surface area (Å²) in [5, 5.41) is 14.3. The van der Waals surface area contributed by atoms with Gasteiger partial charge in [0.05, 0.1) is 31.4 Å². The molecule has 2 aromatic rings. The van der Waals surface area contributed by atoms with E-state index >= 15 is 0 Å². The molecule has 0 saturated carbocycles. The van der Waals surface area contributed by atoms with Crippen molar-refractivity contribution in [3.05, 3.63) is 70.3 Å². The van der Waals surface area contributed by atoms with Gasteiger partial charge >= 0.3 is 0 Å². The number of ether oxygens (including phenoxy) is 1. The number of amides is 2. The second-order valence-corrected chi connectivity index (χ2v) is 10.0. The fourth-order valence-corrected chi connectivity index (χ4v) is 6.06. The summed E-state index contributed by atoms with van der Waals surface area (Å²) in [5.41, 5.74) is 4.74. The lowest BCUT2D eigenvalue weighted by molar-refractivity contribution is -0.00717. The molecule has 4 aliphatic rings. The number of hydrogen-bond donors (Lipinski definition) is 2. The lowest BCUT2D eigenvalue weighted by atomic mass is 9.92. The summed E-state index contributed by atoms with van der Waals surface area (Å²) < 4.78 is 5.61. The number of rotatable bonds is 4. The minimum atomic E-state index is -0.642. The molecule has 178 valence electrons. The molecule has 2 saturated heterocycles. The number of aliphatic hydroxyl groups excluding tert-OH is 1. The van der Waals surface area contributed by atoms with E-state index in [1.165, 1.54) is 11.1 Å². The first kappa shape index (κ1) is 21.8. The molecule has 0 aromatic heterocycles. The minimum absolute atomic E-state index is 0.0487. The molecule has 2 aromatic carbocycles. The van der Waals surface area contributed by atoms with E-state index in [-0.39, 0.29) is 29.9 Å². The van der Waals surface area contributed by atoms with E-state index in [0.717, 1.165) is 31.4 Å². The van der Waals surface area contributed by atoms with Gasteiger partial charge in [0.2, 0.25) is 0 Å². The maximum absolute atomic E-state index is 13.2. The van der Waals surface area contributed by atoms with Crippen LogP contribution in [0.15, 0.2) is 42.5 Å². The zero-order chi connectivity index (χ0) is 23.2. The molecule has 2 amide bonds. The number of β-amino-alcohol motifs (C(OH)–C–C–N with tert-alkyl or cyclic N) is 1. The van der Waals surface area contributed by atoms with E-state index in [1.807, 2.05) is 23.1 Å². The van der Waals surface area contributed by atoms with Crippen LogP contribution in [0, 0.1) is 0 Å². The molecule has 4 atom stereocenters. The zero-order valence-electron chi connectivity index (χ0n) is 19.3. The molecule has 2 N–H and O–H groups in total. The van der Waals surface area contributed by atoms with E-state index in [1.54, 1.807) is 17.0 Å². The van der Waals surface area contributed by atoms with Crippen molar-refractivity contribution in [2.75, 3.05) is 26.3 Å². The van der Waals surface area contributed by atoms with Gasteiger partial charge in [-0.25, -0.2) is 0 Å². The lowest BCUT2D eigenvalue weighted by Crippen LogP contribution is -2.51. The summed E-state index contributed by atoms with van der Waals surface area (Å²) in [6.45, 7) is 2.81. The number of carbonyl (C=O) groups excluding carboxylic acids is 2. The highest BCUT2D eigenvalue weighted by molar-refractivity contribution is 6.00. The first-order valence-electron chi connectivity index (χ1n) is 12.4. The van der Waals surface area contributed by atoms with E-state index in [2.05, 4.69) is 17.4 Å². The first-order chi connectivity index (χ1) is 16.6. The van der Waals surface area contributed by atoms with Crippen LogP contribution in [-0.4, -0.2) is 77.3 Å². The van der Waals surface area contributed by atoms with Gasteiger partial charge in [0.15, 0.2) is 0 Å². The first-order valence-corrected chi connectivity index (χ1v) is 12.4. The van der Waals surface area contributed by atoms with Gasteiger partial charge in [-0.2, -0.15) is 0 Å². The molecule has 4 heterocycles. The molecule has 4 aliphatic heterocycles. The van der Waals surface area contributed by atoms with E-state index in [9.17, 15) is 14.7 Å². The number of nitrogens with one attached hydrogen (secondary N) is 1. The van der Waals surface area contributed by atoms with Crippen molar-refractivity contribution in [1.82, 2.24) is 15.1 Å². The van der Waals surface area contributed by atoms with Crippen LogP contribution in [0.2, 0.25) is 0 Å². The maximum atomic E-state index is 13.2. The van der Waals surface area contributed by atoms with Crippen LogP contribution in [-0.2, 0) is 24.1 Å². The second kappa shape index (κ2) is 8.80. The van der Waals surface area contributed by atoms with Gasteiger partial charge in [-0.3, -0.25) is 9.59 Å². The largest absolute Gasteiger partial charge is 0.390 e. The van der Waals surface area contributed by atoms with Crippen LogP contribution < -0.4 is 5.32 Å². The average Bonchev–Trinajstić information content (AvgIpc) is 3.12. The van der Waals surface area contributed by atoms with Gasteiger partial charge in [0.1, 0.15) is 0 Å². The molecule has 2 bridgehead atoms. The van der Waals surface area contributed by atoms with Crippen molar-refractivity contribution >= 4 is 11.8 Å². The number of fused-ring (bicyclic) bond motifs is 4. The fourth-order valence-electron chi connectivity index (χ4n) is 6.06. The highest BCUT2D eigenvalue weighted by Crippen LogP contribution is 2.31. The highest BCUT2D eigenvalue weighted by atomic mass is 16.5. The fraction of sp³-hybridized carbons (Fsp3) is 0.481. The predicted octanol–water partition coefficient (Wildman–Crippen LogP) is 1.76. The van der Waals surface area contributed by atoms with Gasteiger partial charge in [0, 0.05) is 36.8 Å². The van der Waals surface area contributed by atoms with Gasteiger partial charge in [0.25, 0.3) is 11.8 Å². The normalized spacial score (nSPS) is 26.7. The summed E-state index contributed by atoms with van der Waals surface area (Å²) in [7, 11) is 0.